The minimum atomic E-state index is -4.70. The number of carboxylic acid groups (broad SMARTS) is 1. The van der Waals surface area contributed by atoms with Crippen LogP contribution < -0.4 is 10.2 Å². The van der Waals surface area contributed by atoms with Gasteiger partial charge in [-0.3, -0.25) is 9.59 Å². The maximum Gasteiger partial charge on any atom is 0.394 e. The molecule has 1 aromatic carbocycles. The summed E-state index contributed by atoms with van der Waals surface area (Å²) in [5.74, 6) is -5.41. The Morgan fingerprint density at radius 3 is 2.52 bits per heavy atom. The number of alkyl halides is 3. The van der Waals surface area contributed by atoms with Gasteiger partial charge in [-0.15, -0.1) is 0 Å². The number of likely N-dealkylation sites (tertiary alicyclic amines) is 1. The first-order chi connectivity index (χ1) is 12.7. The predicted octanol–water partition coefficient (Wildman–Crippen LogP) is 2.54. The van der Waals surface area contributed by atoms with Crippen LogP contribution in [0.4, 0.5) is 29.3 Å². The monoisotopic (exact) mass is 385 g/mol. The number of hydrogen-bond donors (Lipinski definition) is 2. The summed E-state index contributed by atoms with van der Waals surface area (Å²) in [6.07, 6.45) is -3.52. The molecule has 2 fully saturated rings. The van der Waals surface area contributed by atoms with Gasteiger partial charge in [-0.1, -0.05) is 6.07 Å². The number of anilines is 2. The number of halogens is 3. The summed E-state index contributed by atoms with van der Waals surface area (Å²) >= 11 is 0. The topological polar surface area (TPSA) is 89.9 Å². The van der Waals surface area contributed by atoms with Crippen LogP contribution in [-0.2, 0) is 9.59 Å². The number of nitrogens with zero attached hydrogens (tertiary/aromatic N) is 2. The number of nitrogens with one attached hydrogen (secondary N) is 1. The second kappa shape index (κ2) is 7.09. The molecule has 2 aliphatic heterocycles. The van der Waals surface area contributed by atoms with Crippen LogP contribution in [0.3, 0.4) is 0 Å². The lowest BCUT2D eigenvalue weighted by molar-refractivity contribution is -0.187. The first kappa shape index (κ1) is 19.0. The number of rotatable bonds is 3. The van der Waals surface area contributed by atoms with Crippen LogP contribution in [0.1, 0.15) is 12.8 Å². The predicted molar refractivity (Wildman–Crippen MR) is 89.3 cm³/mol. The number of amides is 3. The van der Waals surface area contributed by atoms with Crippen LogP contribution in [0.25, 0.3) is 0 Å². The fourth-order valence-electron chi connectivity index (χ4n) is 3.43. The van der Waals surface area contributed by atoms with Crippen molar-refractivity contribution in [2.24, 2.45) is 11.8 Å². The summed E-state index contributed by atoms with van der Waals surface area (Å²) in [4.78, 5) is 37.7. The van der Waals surface area contributed by atoms with Gasteiger partial charge in [0.1, 0.15) is 0 Å². The van der Waals surface area contributed by atoms with E-state index in [4.69, 9.17) is 5.11 Å². The number of carbonyl (C=O) groups is 3. The van der Waals surface area contributed by atoms with E-state index in [2.05, 4.69) is 5.32 Å². The average Bonchev–Trinajstić information content (AvgIpc) is 3.21. The summed E-state index contributed by atoms with van der Waals surface area (Å²) in [5.41, 5.74) is 0.910. The first-order valence-electron chi connectivity index (χ1n) is 8.42. The van der Waals surface area contributed by atoms with Gasteiger partial charge in [0.2, 0.25) is 5.91 Å². The van der Waals surface area contributed by atoms with E-state index < -0.39 is 43.1 Å². The van der Waals surface area contributed by atoms with E-state index in [1.807, 2.05) is 0 Å². The van der Waals surface area contributed by atoms with Gasteiger partial charge in [0.15, 0.2) is 0 Å². The van der Waals surface area contributed by atoms with E-state index in [1.54, 1.807) is 29.2 Å². The molecule has 0 aromatic heterocycles. The summed E-state index contributed by atoms with van der Waals surface area (Å²) in [7, 11) is 0. The highest BCUT2D eigenvalue weighted by Gasteiger charge is 2.53. The molecule has 0 spiro atoms. The molecule has 0 saturated carbocycles. The molecule has 7 nitrogen and oxygen atoms in total. The van der Waals surface area contributed by atoms with Crippen molar-refractivity contribution in [1.82, 2.24) is 4.90 Å². The molecule has 3 rings (SSSR count). The molecule has 3 amide bonds. The minimum Gasteiger partial charge on any atom is -0.481 e. The van der Waals surface area contributed by atoms with Gasteiger partial charge in [-0.2, -0.15) is 13.2 Å². The number of carboxylic acids is 1. The Morgan fingerprint density at radius 2 is 1.96 bits per heavy atom. The fourth-order valence-corrected chi connectivity index (χ4v) is 3.43. The summed E-state index contributed by atoms with van der Waals surface area (Å²) in [6.45, 7) is -0.665. The van der Waals surface area contributed by atoms with E-state index >= 15 is 0 Å². The molecule has 0 aliphatic carbocycles. The largest absolute Gasteiger partial charge is 0.481 e. The van der Waals surface area contributed by atoms with E-state index in [1.165, 1.54) is 0 Å². The van der Waals surface area contributed by atoms with E-state index in [-0.39, 0.29) is 5.91 Å². The van der Waals surface area contributed by atoms with Gasteiger partial charge >= 0.3 is 18.2 Å². The highest BCUT2D eigenvalue weighted by molar-refractivity contribution is 5.97. The van der Waals surface area contributed by atoms with E-state index in [0.717, 1.165) is 11.3 Å². The quantitative estimate of drug-likeness (QED) is 0.837. The van der Waals surface area contributed by atoms with Crippen LogP contribution in [0.2, 0.25) is 0 Å². The Labute approximate surface area is 152 Å². The zero-order chi connectivity index (χ0) is 19.8. The van der Waals surface area contributed by atoms with Crippen molar-refractivity contribution in [2.45, 2.75) is 19.0 Å². The fraction of sp³-hybridized carbons (Fsp3) is 0.471. The summed E-state index contributed by atoms with van der Waals surface area (Å²) < 4.78 is 39.1. The Morgan fingerprint density at radius 1 is 1.22 bits per heavy atom. The number of carbonyl (C=O) groups excluding carboxylic acids is 2. The number of hydrogen-bond acceptors (Lipinski definition) is 3. The van der Waals surface area contributed by atoms with E-state index in [0.29, 0.717) is 24.3 Å². The van der Waals surface area contributed by atoms with Crippen LogP contribution in [0, 0.1) is 11.8 Å². The maximum absolute atomic E-state index is 13.0. The van der Waals surface area contributed by atoms with Gasteiger partial charge in [-0.05, 0) is 24.6 Å². The molecule has 0 radical (unpaired) electrons. The number of aliphatic carboxylic acids is 1. The van der Waals surface area contributed by atoms with Crippen molar-refractivity contribution < 1.29 is 32.7 Å². The third-order valence-corrected chi connectivity index (χ3v) is 4.83. The molecule has 2 atom stereocenters. The SMILES string of the molecule is O=C(O)[C@@H]1CN(C(=O)Nc2cccc(N3CCCC3=O)c2)C[C@H]1C(F)(F)F. The number of urea groups is 1. The van der Waals surface area contributed by atoms with Gasteiger partial charge in [0.05, 0.1) is 11.8 Å². The third kappa shape index (κ3) is 3.99. The van der Waals surface area contributed by atoms with Crippen LogP contribution in [-0.4, -0.2) is 53.7 Å². The summed E-state index contributed by atoms with van der Waals surface area (Å²) in [6, 6.07) is 5.63. The molecule has 10 heteroatoms. The molecule has 27 heavy (non-hydrogen) atoms. The normalized spacial score (nSPS) is 23.0. The van der Waals surface area contributed by atoms with Crippen LogP contribution in [0.5, 0.6) is 0 Å². The molecule has 0 unspecified atom stereocenters. The minimum absolute atomic E-state index is 0.0321. The molecule has 2 aliphatic rings. The third-order valence-electron chi connectivity index (χ3n) is 4.83. The van der Waals surface area contributed by atoms with Gasteiger partial charge in [0, 0.05) is 37.4 Å². The Kier molecular flexibility index (Phi) is 4.99. The molecular formula is C17H18F3N3O4. The first-order valence-corrected chi connectivity index (χ1v) is 8.42. The van der Waals surface area contributed by atoms with Crippen LogP contribution in [0.15, 0.2) is 24.3 Å². The van der Waals surface area contributed by atoms with Gasteiger partial charge in [0.25, 0.3) is 0 Å². The second-order valence-electron chi connectivity index (χ2n) is 6.63. The van der Waals surface area contributed by atoms with Crippen molar-refractivity contribution >= 4 is 29.3 Å². The number of benzene rings is 1. The van der Waals surface area contributed by atoms with Crippen molar-refractivity contribution in [3.8, 4) is 0 Å². The van der Waals surface area contributed by atoms with Gasteiger partial charge < -0.3 is 20.2 Å². The molecule has 1 aromatic rings. The zero-order valence-electron chi connectivity index (χ0n) is 14.2. The Bertz CT molecular complexity index is 768. The zero-order valence-corrected chi connectivity index (χ0v) is 14.2. The smallest absolute Gasteiger partial charge is 0.394 e. The highest BCUT2D eigenvalue weighted by Crippen LogP contribution is 2.38. The lowest BCUT2D eigenvalue weighted by atomic mass is 9.96. The molecular weight excluding hydrogens is 367 g/mol. The van der Waals surface area contributed by atoms with Crippen LogP contribution >= 0.6 is 0 Å². The molecule has 146 valence electrons. The maximum atomic E-state index is 13.0. The van der Waals surface area contributed by atoms with Crippen molar-refractivity contribution in [3.63, 3.8) is 0 Å². The average molecular weight is 385 g/mol. The van der Waals surface area contributed by atoms with Crippen molar-refractivity contribution in [2.75, 3.05) is 29.9 Å². The summed E-state index contributed by atoms with van der Waals surface area (Å²) in [5, 5.41) is 11.5. The van der Waals surface area contributed by atoms with Crippen molar-refractivity contribution in [3.05, 3.63) is 24.3 Å². The lowest BCUT2D eigenvalue weighted by Gasteiger charge is -2.20. The van der Waals surface area contributed by atoms with E-state index in [9.17, 15) is 27.6 Å². The van der Waals surface area contributed by atoms with Gasteiger partial charge in [-0.25, -0.2) is 4.79 Å². The lowest BCUT2D eigenvalue weighted by Crippen LogP contribution is -2.35. The highest BCUT2D eigenvalue weighted by atomic mass is 19.4. The molecule has 0 bridgehead atoms. The Hall–Kier alpha value is -2.78. The Balaban J connectivity index is 1.71. The standard InChI is InChI=1S/C17H18F3N3O4/c18-17(19,20)13-9-22(8-12(13)15(25)26)16(27)21-10-3-1-4-11(7-10)23-6-2-5-14(23)24/h1,3-4,7,12-13H,2,5-6,8-9H2,(H,21,27)(H,25,26)/t12-,13-/m1/s1. The molecule has 2 N–H and O–H groups in total. The molecule has 2 heterocycles. The molecule has 2 saturated heterocycles. The van der Waals surface area contributed by atoms with Crippen molar-refractivity contribution in [1.29, 1.82) is 0 Å². The second-order valence-corrected chi connectivity index (χ2v) is 6.63.